The normalized spacial score (nSPS) is 9.16. The van der Waals surface area contributed by atoms with Crippen molar-refractivity contribution in [3.05, 3.63) is 65.7 Å². The summed E-state index contributed by atoms with van der Waals surface area (Å²) in [5.74, 6) is 0.184. The highest BCUT2D eigenvalue weighted by Crippen LogP contribution is 2.09. The molecule has 0 unspecified atom stereocenters. The van der Waals surface area contributed by atoms with Gasteiger partial charge in [-0.2, -0.15) is 0 Å². The predicted octanol–water partition coefficient (Wildman–Crippen LogP) is 3.48. The molecule has 19 heavy (non-hydrogen) atoms. The number of hydrogen-bond donors (Lipinski definition) is 1. The molecule has 0 radical (unpaired) electrons. The molecular formula is C16H16O3. The van der Waals surface area contributed by atoms with Crippen molar-refractivity contribution < 1.29 is 14.7 Å². The topological polar surface area (TPSA) is 54.4 Å². The Morgan fingerprint density at radius 1 is 0.737 bits per heavy atom. The third-order valence-electron chi connectivity index (χ3n) is 2.44. The van der Waals surface area contributed by atoms with Gasteiger partial charge in [0.25, 0.3) is 0 Å². The Bertz CT molecular complexity index is 526. The summed E-state index contributed by atoms with van der Waals surface area (Å²) in [4.78, 5) is 22.0. The van der Waals surface area contributed by atoms with Gasteiger partial charge in [0.05, 0.1) is 0 Å². The number of ketones is 2. The first-order valence-electron chi connectivity index (χ1n) is 5.87. The van der Waals surface area contributed by atoms with Crippen molar-refractivity contribution in [2.75, 3.05) is 0 Å². The molecule has 0 atom stereocenters. The average Bonchev–Trinajstić information content (AvgIpc) is 2.40. The Balaban J connectivity index is 0.000000218. The van der Waals surface area contributed by atoms with Gasteiger partial charge in [-0.25, -0.2) is 0 Å². The molecule has 0 aliphatic carbocycles. The number of Topliss-reactive ketones (excluding diaryl/α,β-unsaturated/α-hetero) is 2. The summed E-state index contributed by atoms with van der Waals surface area (Å²) < 4.78 is 0. The number of phenolic OH excluding ortho intramolecular Hbond substituents is 1. The first-order valence-corrected chi connectivity index (χ1v) is 5.87. The number of hydrogen-bond acceptors (Lipinski definition) is 3. The Hall–Kier alpha value is -2.42. The third-order valence-corrected chi connectivity index (χ3v) is 2.44. The van der Waals surface area contributed by atoms with E-state index in [1.54, 1.807) is 48.5 Å². The quantitative estimate of drug-likeness (QED) is 0.837. The lowest BCUT2D eigenvalue weighted by molar-refractivity contribution is 0.0981. The maximum atomic E-state index is 11.0. The summed E-state index contributed by atoms with van der Waals surface area (Å²) in [7, 11) is 0. The molecule has 2 aromatic rings. The number of benzene rings is 2. The molecule has 0 fully saturated rings. The van der Waals surface area contributed by atoms with Crippen LogP contribution in [0.3, 0.4) is 0 Å². The fraction of sp³-hybridized carbons (Fsp3) is 0.125. The molecule has 0 aliphatic heterocycles. The van der Waals surface area contributed by atoms with Gasteiger partial charge < -0.3 is 5.11 Å². The lowest BCUT2D eigenvalue weighted by Crippen LogP contribution is -2.02. The minimum Gasteiger partial charge on any atom is -0.508 e. The van der Waals surface area contributed by atoms with E-state index in [4.69, 9.17) is 5.11 Å². The SMILES string of the molecule is CC(=O)c1ccccc1C(C)=O.Oc1ccccc1. The Morgan fingerprint density at radius 3 is 1.37 bits per heavy atom. The molecule has 0 spiro atoms. The van der Waals surface area contributed by atoms with Crippen molar-refractivity contribution in [2.45, 2.75) is 13.8 Å². The van der Waals surface area contributed by atoms with Crippen LogP contribution in [0.2, 0.25) is 0 Å². The number of aromatic hydroxyl groups is 1. The van der Waals surface area contributed by atoms with Crippen molar-refractivity contribution in [3.63, 3.8) is 0 Å². The van der Waals surface area contributed by atoms with Gasteiger partial charge in [0, 0.05) is 11.1 Å². The highest BCUT2D eigenvalue weighted by Gasteiger charge is 2.08. The maximum Gasteiger partial charge on any atom is 0.160 e. The van der Waals surface area contributed by atoms with Crippen LogP contribution in [-0.2, 0) is 0 Å². The zero-order valence-electron chi connectivity index (χ0n) is 11.0. The molecule has 0 aromatic heterocycles. The molecule has 1 N–H and O–H groups in total. The van der Waals surface area contributed by atoms with E-state index in [2.05, 4.69) is 0 Å². The van der Waals surface area contributed by atoms with E-state index in [-0.39, 0.29) is 11.6 Å². The van der Waals surface area contributed by atoms with Crippen molar-refractivity contribution in [1.29, 1.82) is 0 Å². The second-order valence-electron chi connectivity index (χ2n) is 3.99. The summed E-state index contributed by atoms with van der Waals surface area (Å²) in [6.45, 7) is 2.92. The van der Waals surface area contributed by atoms with Crippen molar-refractivity contribution in [3.8, 4) is 5.75 Å². The van der Waals surface area contributed by atoms with E-state index in [0.29, 0.717) is 16.9 Å². The molecule has 98 valence electrons. The fourth-order valence-electron chi connectivity index (χ4n) is 1.53. The van der Waals surface area contributed by atoms with E-state index in [1.807, 2.05) is 6.07 Å². The van der Waals surface area contributed by atoms with Crippen LogP contribution in [0.25, 0.3) is 0 Å². The number of phenols is 1. The van der Waals surface area contributed by atoms with E-state index in [1.165, 1.54) is 13.8 Å². The summed E-state index contributed by atoms with van der Waals surface area (Å²) in [6, 6.07) is 15.6. The summed E-state index contributed by atoms with van der Waals surface area (Å²) in [5.41, 5.74) is 1.01. The molecular weight excluding hydrogens is 240 g/mol. The smallest absolute Gasteiger partial charge is 0.160 e. The molecule has 0 amide bonds. The minimum absolute atomic E-state index is 0.0687. The van der Waals surface area contributed by atoms with Crippen molar-refractivity contribution >= 4 is 11.6 Å². The van der Waals surface area contributed by atoms with Crippen LogP contribution in [0, 0.1) is 0 Å². The largest absolute Gasteiger partial charge is 0.508 e. The molecule has 2 rings (SSSR count). The molecule has 0 saturated heterocycles. The van der Waals surface area contributed by atoms with Gasteiger partial charge in [-0.05, 0) is 26.0 Å². The maximum absolute atomic E-state index is 11.0. The monoisotopic (exact) mass is 256 g/mol. The summed E-state index contributed by atoms with van der Waals surface area (Å²) >= 11 is 0. The highest BCUT2D eigenvalue weighted by molar-refractivity contribution is 6.07. The molecule has 0 heterocycles. The van der Waals surface area contributed by atoms with Crippen molar-refractivity contribution in [1.82, 2.24) is 0 Å². The van der Waals surface area contributed by atoms with Crippen LogP contribution in [-0.4, -0.2) is 16.7 Å². The van der Waals surface area contributed by atoms with E-state index in [0.717, 1.165) is 0 Å². The van der Waals surface area contributed by atoms with Gasteiger partial charge in [-0.1, -0.05) is 42.5 Å². The van der Waals surface area contributed by atoms with Crippen LogP contribution in [0.15, 0.2) is 54.6 Å². The first-order chi connectivity index (χ1) is 9.02. The lowest BCUT2D eigenvalue weighted by Gasteiger charge is -2.00. The molecule has 3 heteroatoms. The summed E-state index contributed by atoms with van der Waals surface area (Å²) in [5, 5.41) is 8.63. The molecule has 0 aliphatic rings. The molecule has 3 nitrogen and oxygen atoms in total. The number of rotatable bonds is 2. The summed E-state index contributed by atoms with van der Waals surface area (Å²) in [6.07, 6.45) is 0. The fourth-order valence-corrected chi connectivity index (χ4v) is 1.53. The van der Waals surface area contributed by atoms with Crippen LogP contribution in [0.1, 0.15) is 34.6 Å². The van der Waals surface area contributed by atoms with Gasteiger partial charge in [0.2, 0.25) is 0 Å². The standard InChI is InChI=1S/C10H10O2.C6H6O/c1-7(11)9-5-3-4-6-10(9)8(2)12;7-6-4-2-1-3-5-6/h3-6H,1-2H3;1-5,7H. The van der Waals surface area contributed by atoms with Crippen LogP contribution >= 0.6 is 0 Å². The molecule has 2 aromatic carbocycles. The van der Waals surface area contributed by atoms with Crippen LogP contribution < -0.4 is 0 Å². The zero-order valence-corrected chi connectivity index (χ0v) is 11.0. The highest BCUT2D eigenvalue weighted by atomic mass is 16.3. The number of carbonyl (C=O) groups is 2. The Labute approximate surface area is 112 Å². The van der Waals surface area contributed by atoms with E-state index in [9.17, 15) is 9.59 Å². The van der Waals surface area contributed by atoms with Gasteiger partial charge in [0.15, 0.2) is 11.6 Å². The lowest BCUT2D eigenvalue weighted by atomic mass is 10.0. The Kier molecular flexibility index (Phi) is 5.48. The van der Waals surface area contributed by atoms with Crippen molar-refractivity contribution in [2.24, 2.45) is 0 Å². The third kappa shape index (κ3) is 4.76. The Morgan fingerprint density at radius 2 is 1.11 bits per heavy atom. The molecule has 0 saturated carbocycles. The predicted molar refractivity (Wildman–Crippen MR) is 74.6 cm³/mol. The second-order valence-corrected chi connectivity index (χ2v) is 3.99. The number of carbonyl (C=O) groups excluding carboxylic acids is 2. The van der Waals surface area contributed by atoms with Gasteiger partial charge >= 0.3 is 0 Å². The van der Waals surface area contributed by atoms with E-state index >= 15 is 0 Å². The minimum atomic E-state index is -0.0687. The van der Waals surface area contributed by atoms with Gasteiger partial charge in [-0.3, -0.25) is 9.59 Å². The van der Waals surface area contributed by atoms with Gasteiger partial charge in [-0.15, -0.1) is 0 Å². The average molecular weight is 256 g/mol. The van der Waals surface area contributed by atoms with E-state index < -0.39 is 0 Å². The molecule has 0 bridgehead atoms. The van der Waals surface area contributed by atoms with Gasteiger partial charge in [0.1, 0.15) is 5.75 Å². The number of para-hydroxylation sites is 1. The first kappa shape index (κ1) is 14.6. The van der Waals surface area contributed by atoms with Crippen LogP contribution in [0.4, 0.5) is 0 Å². The zero-order chi connectivity index (χ0) is 14.3. The van der Waals surface area contributed by atoms with Crippen LogP contribution in [0.5, 0.6) is 5.75 Å². The second kappa shape index (κ2) is 7.11.